The van der Waals surface area contributed by atoms with Crippen LogP contribution in [-0.4, -0.2) is 37.1 Å². The Balaban J connectivity index is 3.43. The number of hydrogen-bond acceptors (Lipinski definition) is 2. The highest BCUT2D eigenvalue weighted by Gasteiger charge is 1.99. The molecule has 0 heterocycles. The molecule has 0 saturated heterocycles. The highest BCUT2D eigenvalue weighted by atomic mass is 16.2. The molecule has 0 rings (SSSR count). The van der Waals surface area contributed by atoms with Crippen molar-refractivity contribution < 1.29 is 4.79 Å². The van der Waals surface area contributed by atoms with Gasteiger partial charge in [-0.2, -0.15) is 0 Å². The third-order valence-corrected chi connectivity index (χ3v) is 2.40. The Hall–Kier alpha value is -1.03. The summed E-state index contributed by atoms with van der Waals surface area (Å²) in [4.78, 5) is 13.6. The van der Waals surface area contributed by atoms with Gasteiger partial charge in [-0.25, -0.2) is 4.79 Å². The first-order chi connectivity index (χ1) is 7.74. The van der Waals surface area contributed by atoms with Crippen LogP contribution in [0.25, 0.3) is 0 Å². The largest absolute Gasteiger partial charge is 0.338 e. The number of hydrogen-bond donors (Lipinski definition) is 2. The highest BCUT2D eigenvalue weighted by molar-refractivity contribution is 5.74. The van der Waals surface area contributed by atoms with Gasteiger partial charge in [-0.3, -0.25) is 0 Å². The lowest BCUT2D eigenvalue weighted by molar-refractivity contribution is 0.242. The molecule has 0 aromatic rings. The zero-order chi connectivity index (χ0) is 12.2. The SMILES string of the molecule is CC/C=C/NC(=O)NCCCN(CC)CC. The second-order valence-corrected chi connectivity index (χ2v) is 3.59. The minimum Gasteiger partial charge on any atom is -0.338 e. The van der Waals surface area contributed by atoms with Gasteiger partial charge in [0, 0.05) is 12.7 Å². The van der Waals surface area contributed by atoms with Gasteiger partial charge in [0.15, 0.2) is 0 Å². The molecule has 0 bridgehead atoms. The average Bonchev–Trinajstić information content (AvgIpc) is 2.30. The Bertz CT molecular complexity index is 200. The summed E-state index contributed by atoms with van der Waals surface area (Å²) in [7, 11) is 0. The molecule has 0 aromatic heterocycles. The molecular formula is C12H25N3O. The second-order valence-electron chi connectivity index (χ2n) is 3.59. The standard InChI is InChI=1S/C12H25N3O/c1-4-7-9-13-12(16)14-10-8-11-15(5-2)6-3/h7,9H,4-6,8,10-11H2,1-3H3,(H2,13,14,16)/b9-7+. The first-order valence-corrected chi connectivity index (χ1v) is 6.16. The number of urea groups is 1. The molecule has 0 unspecified atom stereocenters. The van der Waals surface area contributed by atoms with E-state index in [9.17, 15) is 4.79 Å². The molecule has 4 heteroatoms. The summed E-state index contributed by atoms with van der Waals surface area (Å²) in [6.45, 7) is 10.2. The summed E-state index contributed by atoms with van der Waals surface area (Å²) in [6, 6.07) is -0.121. The number of nitrogens with one attached hydrogen (secondary N) is 2. The number of amides is 2. The molecular weight excluding hydrogens is 202 g/mol. The summed E-state index contributed by atoms with van der Waals surface area (Å²) < 4.78 is 0. The molecule has 2 N–H and O–H groups in total. The molecule has 16 heavy (non-hydrogen) atoms. The molecule has 4 nitrogen and oxygen atoms in total. The molecule has 0 spiro atoms. The summed E-state index contributed by atoms with van der Waals surface area (Å²) >= 11 is 0. The molecule has 0 fully saturated rings. The van der Waals surface area contributed by atoms with E-state index < -0.39 is 0 Å². The van der Waals surface area contributed by atoms with Crippen molar-refractivity contribution in [2.45, 2.75) is 33.6 Å². The zero-order valence-electron chi connectivity index (χ0n) is 10.8. The topological polar surface area (TPSA) is 44.4 Å². The Kier molecular flexibility index (Phi) is 9.81. The van der Waals surface area contributed by atoms with E-state index in [1.807, 2.05) is 13.0 Å². The molecule has 94 valence electrons. The third-order valence-electron chi connectivity index (χ3n) is 2.40. The summed E-state index contributed by atoms with van der Waals surface area (Å²) in [5.41, 5.74) is 0. The molecule has 0 radical (unpaired) electrons. The molecule has 0 aliphatic heterocycles. The van der Waals surface area contributed by atoms with Gasteiger partial charge in [0.05, 0.1) is 0 Å². The fourth-order valence-electron chi connectivity index (χ4n) is 1.35. The molecule has 0 saturated carbocycles. The van der Waals surface area contributed by atoms with Crippen molar-refractivity contribution in [3.05, 3.63) is 12.3 Å². The maximum absolute atomic E-state index is 11.2. The number of nitrogens with zero attached hydrogens (tertiary/aromatic N) is 1. The van der Waals surface area contributed by atoms with Crippen LogP contribution in [0.1, 0.15) is 33.6 Å². The van der Waals surface area contributed by atoms with Crippen molar-refractivity contribution in [3.8, 4) is 0 Å². The number of carbonyl (C=O) groups is 1. The van der Waals surface area contributed by atoms with Crippen molar-refractivity contribution in [1.82, 2.24) is 15.5 Å². The zero-order valence-corrected chi connectivity index (χ0v) is 10.8. The Morgan fingerprint density at radius 3 is 2.50 bits per heavy atom. The van der Waals surface area contributed by atoms with Crippen molar-refractivity contribution >= 4 is 6.03 Å². The van der Waals surface area contributed by atoms with Crippen LogP contribution in [0.2, 0.25) is 0 Å². The summed E-state index contributed by atoms with van der Waals surface area (Å²) in [5.74, 6) is 0. The maximum atomic E-state index is 11.2. The van der Waals surface area contributed by atoms with Gasteiger partial charge in [0.2, 0.25) is 0 Å². The normalized spacial score (nSPS) is 11.0. The Labute approximate surface area is 99.1 Å². The van der Waals surface area contributed by atoms with E-state index in [1.54, 1.807) is 6.20 Å². The van der Waals surface area contributed by atoms with Gasteiger partial charge in [0.1, 0.15) is 0 Å². The first-order valence-electron chi connectivity index (χ1n) is 6.16. The minimum atomic E-state index is -0.121. The molecule has 0 atom stereocenters. The fourth-order valence-corrected chi connectivity index (χ4v) is 1.35. The van der Waals surface area contributed by atoms with Crippen molar-refractivity contribution in [3.63, 3.8) is 0 Å². The van der Waals surface area contributed by atoms with Gasteiger partial charge in [0.25, 0.3) is 0 Å². The van der Waals surface area contributed by atoms with Crippen LogP contribution >= 0.6 is 0 Å². The van der Waals surface area contributed by atoms with E-state index in [1.165, 1.54) is 0 Å². The van der Waals surface area contributed by atoms with E-state index in [-0.39, 0.29) is 6.03 Å². The lowest BCUT2D eigenvalue weighted by atomic mass is 10.3. The van der Waals surface area contributed by atoms with Crippen LogP contribution in [0, 0.1) is 0 Å². The average molecular weight is 227 g/mol. The highest BCUT2D eigenvalue weighted by Crippen LogP contribution is 1.89. The number of rotatable bonds is 8. The van der Waals surface area contributed by atoms with Crippen LogP contribution in [0.3, 0.4) is 0 Å². The predicted molar refractivity (Wildman–Crippen MR) is 68.4 cm³/mol. The summed E-state index contributed by atoms with van der Waals surface area (Å²) in [5, 5.41) is 5.47. The van der Waals surface area contributed by atoms with Crippen LogP contribution in [-0.2, 0) is 0 Å². The molecule has 0 aromatic carbocycles. The first kappa shape index (κ1) is 15.0. The lowest BCUT2D eigenvalue weighted by Gasteiger charge is -2.17. The monoisotopic (exact) mass is 227 g/mol. The van der Waals surface area contributed by atoms with Crippen LogP contribution in [0.5, 0.6) is 0 Å². The van der Waals surface area contributed by atoms with Gasteiger partial charge in [-0.15, -0.1) is 0 Å². The minimum absolute atomic E-state index is 0.121. The van der Waals surface area contributed by atoms with Crippen LogP contribution in [0.4, 0.5) is 4.79 Å². The van der Waals surface area contributed by atoms with E-state index in [2.05, 4.69) is 29.4 Å². The Morgan fingerprint density at radius 2 is 1.94 bits per heavy atom. The van der Waals surface area contributed by atoms with E-state index in [4.69, 9.17) is 0 Å². The Morgan fingerprint density at radius 1 is 1.25 bits per heavy atom. The smallest absolute Gasteiger partial charge is 0.318 e. The quantitative estimate of drug-likeness (QED) is 0.622. The molecule has 0 aliphatic rings. The van der Waals surface area contributed by atoms with Gasteiger partial charge in [-0.05, 0) is 32.5 Å². The van der Waals surface area contributed by atoms with Crippen molar-refractivity contribution in [2.24, 2.45) is 0 Å². The molecule has 2 amide bonds. The van der Waals surface area contributed by atoms with Crippen molar-refractivity contribution in [1.29, 1.82) is 0 Å². The predicted octanol–water partition coefficient (Wildman–Crippen LogP) is 1.94. The van der Waals surface area contributed by atoms with Crippen LogP contribution < -0.4 is 10.6 Å². The fraction of sp³-hybridized carbons (Fsp3) is 0.750. The number of carbonyl (C=O) groups excluding carboxylic acids is 1. The van der Waals surface area contributed by atoms with E-state index in [0.29, 0.717) is 0 Å². The van der Waals surface area contributed by atoms with Gasteiger partial charge < -0.3 is 15.5 Å². The van der Waals surface area contributed by atoms with Gasteiger partial charge >= 0.3 is 6.03 Å². The molecule has 0 aliphatic carbocycles. The van der Waals surface area contributed by atoms with E-state index >= 15 is 0 Å². The summed E-state index contributed by atoms with van der Waals surface area (Å²) in [6.07, 6.45) is 5.52. The van der Waals surface area contributed by atoms with Gasteiger partial charge in [-0.1, -0.05) is 26.8 Å². The number of allylic oxidation sites excluding steroid dienone is 1. The lowest BCUT2D eigenvalue weighted by Crippen LogP contribution is -2.34. The second kappa shape index (κ2) is 10.5. The van der Waals surface area contributed by atoms with Crippen LogP contribution in [0.15, 0.2) is 12.3 Å². The third kappa shape index (κ3) is 8.29. The van der Waals surface area contributed by atoms with Crippen molar-refractivity contribution in [2.75, 3.05) is 26.2 Å². The maximum Gasteiger partial charge on any atom is 0.318 e. The van der Waals surface area contributed by atoms with E-state index in [0.717, 1.165) is 39.0 Å².